The first-order valence-corrected chi connectivity index (χ1v) is 9.93. The number of aromatic nitrogens is 1. The van der Waals surface area contributed by atoms with Crippen molar-refractivity contribution < 1.29 is 17.9 Å². The van der Waals surface area contributed by atoms with Crippen molar-refractivity contribution in [1.82, 2.24) is 9.29 Å². The second-order valence-corrected chi connectivity index (χ2v) is 9.08. The summed E-state index contributed by atoms with van der Waals surface area (Å²) in [4.78, 5) is 5.27. The third-order valence-electron chi connectivity index (χ3n) is 3.72. The molecule has 0 aliphatic carbocycles. The molecular formula is C16H20N2O4S2. The lowest BCUT2D eigenvalue weighted by Gasteiger charge is -2.37. The standard InChI is InChI=1S/C16H20N2O4S2/c1-16(2)11-18(7-8-22-16)24(19,20)15-5-3-13(4-6-15)21-10-14-9-17-12-23-14/h3-6,9,12H,7-8,10-11H2,1-2H3. The molecular weight excluding hydrogens is 348 g/mol. The van der Waals surface area contributed by atoms with Gasteiger partial charge in [-0.05, 0) is 38.1 Å². The predicted octanol–water partition coefficient (Wildman–Crippen LogP) is 2.52. The van der Waals surface area contributed by atoms with Gasteiger partial charge in [0.15, 0.2) is 0 Å². The number of thiazole rings is 1. The normalized spacial score (nSPS) is 18.4. The van der Waals surface area contributed by atoms with Gasteiger partial charge in [-0.3, -0.25) is 4.98 Å². The van der Waals surface area contributed by atoms with E-state index in [1.165, 1.54) is 15.6 Å². The van der Waals surface area contributed by atoms with Crippen LogP contribution in [-0.2, 0) is 21.4 Å². The molecule has 2 heterocycles. The van der Waals surface area contributed by atoms with E-state index in [1.807, 2.05) is 13.8 Å². The predicted molar refractivity (Wildman–Crippen MR) is 91.7 cm³/mol. The zero-order valence-electron chi connectivity index (χ0n) is 13.6. The molecule has 6 nitrogen and oxygen atoms in total. The lowest BCUT2D eigenvalue weighted by molar-refractivity contribution is -0.0640. The Labute approximate surface area is 146 Å². The third kappa shape index (κ3) is 3.94. The molecule has 0 saturated carbocycles. The fourth-order valence-corrected chi connectivity index (χ4v) is 4.58. The first-order valence-electron chi connectivity index (χ1n) is 7.61. The molecule has 1 aromatic heterocycles. The summed E-state index contributed by atoms with van der Waals surface area (Å²) in [7, 11) is -3.52. The van der Waals surface area contributed by atoms with Crippen molar-refractivity contribution in [2.45, 2.75) is 31.0 Å². The van der Waals surface area contributed by atoms with Crippen LogP contribution in [0.2, 0.25) is 0 Å². The largest absolute Gasteiger partial charge is 0.488 e. The molecule has 1 aromatic carbocycles. The topological polar surface area (TPSA) is 68.7 Å². The second kappa shape index (κ2) is 6.79. The smallest absolute Gasteiger partial charge is 0.243 e. The van der Waals surface area contributed by atoms with Gasteiger partial charge in [0.05, 0.1) is 27.5 Å². The number of rotatable bonds is 5. The minimum absolute atomic E-state index is 0.269. The Morgan fingerprint density at radius 1 is 1.33 bits per heavy atom. The van der Waals surface area contributed by atoms with Gasteiger partial charge in [-0.25, -0.2) is 8.42 Å². The molecule has 0 spiro atoms. The third-order valence-corrected chi connectivity index (χ3v) is 6.33. The highest BCUT2D eigenvalue weighted by Gasteiger charge is 2.34. The Hall–Kier alpha value is -1.48. The Balaban J connectivity index is 1.69. The van der Waals surface area contributed by atoms with Gasteiger partial charge in [0.2, 0.25) is 10.0 Å². The maximum atomic E-state index is 12.8. The summed E-state index contributed by atoms with van der Waals surface area (Å²) >= 11 is 1.52. The van der Waals surface area contributed by atoms with E-state index in [0.717, 1.165) is 4.88 Å². The summed E-state index contributed by atoms with van der Waals surface area (Å²) in [5.74, 6) is 0.629. The maximum absolute atomic E-state index is 12.8. The molecule has 1 aliphatic rings. The van der Waals surface area contributed by atoms with Gasteiger partial charge in [0, 0.05) is 19.3 Å². The Bertz CT molecular complexity index is 771. The van der Waals surface area contributed by atoms with Crippen LogP contribution in [-0.4, -0.2) is 43.0 Å². The monoisotopic (exact) mass is 368 g/mol. The summed E-state index contributed by atoms with van der Waals surface area (Å²) in [5.41, 5.74) is 1.28. The van der Waals surface area contributed by atoms with Gasteiger partial charge in [0.1, 0.15) is 12.4 Å². The fourth-order valence-electron chi connectivity index (χ4n) is 2.50. The quantitative estimate of drug-likeness (QED) is 0.811. The molecule has 0 amide bonds. The van der Waals surface area contributed by atoms with Crippen LogP contribution in [0.5, 0.6) is 5.75 Å². The van der Waals surface area contributed by atoms with Gasteiger partial charge >= 0.3 is 0 Å². The van der Waals surface area contributed by atoms with E-state index < -0.39 is 15.6 Å². The van der Waals surface area contributed by atoms with Crippen LogP contribution in [0.25, 0.3) is 0 Å². The van der Waals surface area contributed by atoms with Crippen molar-refractivity contribution >= 4 is 21.4 Å². The van der Waals surface area contributed by atoms with Crippen LogP contribution in [0.3, 0.4) is 0 Å². The summed E-state index contributed by atoms with van der Waals surface area (Å²) in [6, 6.07) is 6.53. The number of hydrogen-bond acceptors (Lipinski definition) is 6. The minimum Gasteiger partial charge on any atom is -0.488 e. The molecule has 3 rings (SSSR count). The number of morpholine rings is 1. The fraction of sp³-hybridized carbons (Fsp3) is 0.438. The zero-order valence-corrected chi connectivity index (χ0v) is 15.3. The van der Waals surface area contributed by atoms with Gasteiger partial charge in [-0.15, -0.1) is 11.3 Å². The van der Waals surface area contributed by atoms with Crippen molar-refractivity contribution in [2.75, 3.05) is 19.7 Å². The van der Waals surface area contributed by atoms with Crippen molar-refractivity contribution in [3.05, 3.63) is 40.8 Å². The summed E-state index contributed by atoms with van der Waals surface area (Å²) in [5, 5.41) is 0. The molecule has 0 radical (unpaired) electrons. The lowest BCUT2D eigenvalue weighted by Crippen LogP contribution is -2.50. The molecule has 0 N–H and O–H groups in total. The highest BCUT2D eigenvalue weighted by atomic mass is 32.2. The number of hydrogen-bond donors (Lipinski definition) is 0. The van der Waals surface area contributed by atoms with Crippen molar-refractivity contribution in [3.63, 3.8) is 0 Å². The summed E-state index contributed by atoms with van der Waals surface area (Å²) in [6.07, 6.45) is 1.75. The second-order valence-electron chi connectivity index (χ2n) is 6.17. The minimum atomic E-state index is -3.52. The molecule has 2 aromatic rings. The zero-order chi connectivity index (χ0) is 17.2. The molecule has 1 saturated heterocycles. The van der Waals surface area contributed by atoms with Crippen molar-refractivity contribution in [3.8, 4) is 5.75 Å². The van der Waals surface area contributed by atoms with E-state index >= 15 is 0 Å². The van der Waals surface area contributed by atoms with Crippen molar-refractivity contribution in [1.29, 1.82) is 0 Å². The molecule has 0 atom stereocenters. The van der Waals surface area contributed by atoms with E-state index in [0.29, 0.717) is 32.1 Å². The van der Waals surface area contributed by atoms with Crippen LogP contribution in [0, 0.1) is 0 Å². The SMILES string of the molecule is CC1(C)CN(S(=O)(=O)c2ccc(OCc3cncs3)cc2)CCO1. The highest BCUT2D eigenvalue weighted by molar-refractivity contribution is 7.89. The van der Waals surface area contributed by atoms with Gasteiger partial charge in [-0.2, -0.15) is 4.31 Å². The molecule has 130 valence electrons. The molecule has 24 heavy (non-hydrogen) atoms. The van der Waals surface area contributed by atoms with Gasteiger partial charge < -0.3 is 9.47 Å². The first kappa shape index (κ1) is 17.3. The number of sulfonamides is 1. The number of nitrogens with zero attached hydrogens (tertiary/aromatic N) is 2. The number of ether oxygens (including phenoxy) is 2. The van der Waals surface area contributed by atoms with E-state index in [1.54, 1.807) is 36.0 Å². The number of benzene rings is 1. The summed E-state index contributed by atoms with van der Waals surface area (Å²) in [6.45, 7) is 5.33. The molecule has 0 bridgehead atoms. The first-order chi connectivity index (χ1) is 11.4. The molecule has 8 heteroatoms. The van der Waals surface area contributed by atoms with Crippen LogP contribution in [0.4, 0.5) is 0 Å². The van der Waals surface area contributed by atoms with Crippen molar-refractivity contribution in [2.24, 2.45) is 0 Å². The van der Waals surface area contributed by atoms with Gasteiger partial charge in [0.25, 0.3) is 0 Å². The summed E-state index contributed by atoms with van der Waals surface area (Å²) < 4.78 is 38.2. The maximum Gasteiger partial charge on any atom is 0.243 e. The van der Waals surface area contributed by atoms with Gasteiger partial charge in [-0.1, -0.05) is 0 Å². The molecule has 1 aliphatic heterocycles. The van der Waals surface area contributed by atoms with E-state index in [4.69, 9.17) is 9.47 Å². The van der Waals surface area contributed by atoms with Crippen LogP contribution < -0.4 is 4.74 Å². The van der Waals surface area contributed by atoms with E-state index in [-0.39, 0.29) is 4.90 Å². The highest BCUT2D eigenvalue weighted by Crippen LogP contribution is 2.25. The van der Waals surface area contributed by atoms with E-state index in [9.17, 15) is 8.42 Å². The Kier molecular flexibility index (Phi) is 4.91. The van der Waals surface area contributed by atoms with Crippen LogP contribution >= 0.6 is 11.3 Å². The van der Waals surface area contributed by atoms with Crippen LogP contribution in [0.1, 0.15) is 18.7 Å². The van der Waals surface area contributed by atoms with Crippen LogP contribution in [0.15, 0.2) is 40.9 Å². The average molecular weight is 368 g/mol. The Morgan fingerprint density at radius 3 is 2.71 bits per heavy atom. The average Bonchev–Trinajstić information content (AvgIpc) is 3.06. The molecule has 0 unspecified atom stereocenters. The molecule has 1 fully saturated rings. The lowest BCUT2D eigenvalue weighted by atomic mass is 10.1. The van der Waals surface area contributed by atoms with E-state index in [2.05, 4.69) is 4.98 Å². The Morgan fingerprint density at radius 2 is 2.08 bits per heavy atom.